The second-order valence-electron chi connectivity index (χ2n) is 6.19. The van der Waals surface area contributed by atoms with Gasteiger partial charge in [0.25, 0.3) is 0 Å². The lowest BCUT2D eigenvalue weighted by Gasteiger charge is -2.09. The highest BCUT2D eigenvalue weighted by Gasteiger charge is 2.42. The van der Waals surface area contributed by atoms with Crippen molar-refractivity contribution in [2.75, 3.05) is 6.61 Å². The first kappa shape index (κ1) is 15.3. The predicted octanol–water partition coefficient (Wildman–Crippen LogP) is 3.43. The maximum absolute atomic E-state index is 9.93. The van der Waals surface area contributed by atoms with Gasteiger partial charge in [-0.05, 0) is 19.3 Å². The maximum atomic E-state index is 9.93. The molecule has 2 aliphatic heterocycles. The minimum absolute atomic E-state index is 0.117. The number of aliphatic hydroxyl groups excluding tert-OH is 1. The molecule has 2 heterocycles. The predicted molar refractivity (Wildman–Crippen MR) is 76.3 cm³/mol. The number of ether oxygens (including phenoxy) is 2. The number of unbranched alkanes of at least 4 members (excludes halogenated alkanes) is 5. The van der Waals surface area contributed by atoms with Gasteiger partial charge in [-0.15, -0.1) is 0 Å². The molecular weight excluding hydrogens is 240 g/mol. The molecule has 1 N–H and O–H groups in total. The van der Waals surface area contributed by atoms with Crippen LogP contribution >= 0.6 is 0 Å². The average molecular weight is 270 g/mol. The Morgan fingerprint density at radius 3 is 2.53 bits per heavy atom. The smallest absolute Gasteiger partial charge is 0.0867 e. The standard InChI is InChI=1S/C16H30O3/c1-2-3-4-5-6-7-8-13(17)9-10-15-16(19-15)11-14-12-18-14/h13-17H,2-12H2,1H3. The fourth-order valence-electron chi connectivity index (χ4n) is 2.76. The first-order valence-corrected chi connectivity index (χ1v) is 8.24. The zero-order valence-electron chi connectivity index (χ0n) is 12.4. The van der Waals surface area contributed by atoms with E-state index >= 15 is 0 Å². The highest BCUT2D eigenvalue weighted by atomic mass is 16.6. The normalized spacial score (nSPS) is 30.3. The van der Waals surface area contributed by atoms with E-state index in [2.05, 4.69) is 6.92 Å². The molecule has 0 amide bonds. The van der Waals surface area contributed by atoms with E-state index < -0.39 is 0 Å². The third-order valence-electron chi connectivity index (χ3n) is 4.26. The van der Waals surface area contributed by atoms with Crippen molar-refractivity contribution in [2.24, 2.45) is 0 Å². The molecule has 112 valence electrons. The molecule has 0 aromatic heterocycles. The summed E-state index contributed by atoms with van der Waals surface area (Å²) in [4.78, 5) is 0. The average Bonchev–Trinajstić information content (AvgIpc) is 3.30. The molecular formula is C16H30O3. The van der Waals surface area contributed by atoms with Gasteiger partial charge < -0.3 is 14.6 Å². The van der Waals surface area contributed by atoms with E-state index in [1.807, 2.05) is 0 Å². The highest BCUT2D eigenvalue weighted by Crippen LogP contribution is 2.34. The van der Waals surface area contributed by atoms with Crippen molar-refractivity contribution in [1.29, 1.82) is 0 Å². The number of hydrogen-bond acceptors (Lipinski definition) is 3. The van der Waals surface area contributed by atoms with Gasteiger partial charge in [-0.2, -0.15) is 0 Å². The fourth-order valence-corrected chi connectivity index (χ4v) is 2.76. The zero-order chi connectivity index (χ0) is 13.5. The summed E-state index contributed by atoms with van der Waals surface area (Å²) in [6.45, 7) is 3.17. The topological polar surface area (TPSA) is 45.3 Å². The van der Waals surface area contributed by atoms with Crippen LogP contribution in [-0.4, -0.2) is 36.1 Å². The molecule has 0 spiro atoms. The van der Waals surface area contributed by atoms with Gasteiger partial charge in [0.1, 0.15) is 0 Å². The molecule has 0 aliphatic carbocycles. The van der Waals surface area contributed by atoms with Crippen LogP contribution < -0.4 is 0 Å². The van der Waals surface area contributed by atoms with Crippen LogP contribution in [0.5, 0.6) is 0 Å². The summed E-state index contributed by atoms with van der Waals surface area (Å²) >= 11 is 0. The van der Waals surface area contributed by atoms with Crippen molar-refractivity contribution in [2.45, 2.75) is 95.5 Å². The molecule has 0 bridgehead atoms. The Labute approximate surface area is 117 Å². The monoisotopic (exact) mass is 270 g/mol. The van der Waals surface area contributed by atoms with Crippen molar-refractivity contribution in [3.8, 4) is 0 Å². The second-order valence-corrected chi connectivity index (χ2v) is 6.19. The molecule has 0 saturated carbocycles. The first-order chi connectivity index (χ1) is 9.29. The van der Waals surface area contributed by atoms with E-state index in [1.54, 1.807) is 0 Å². The van der Waals surface area contributed by atoms with Crippen LogP contribution in [0.3, 0.4) is 0 Å². The van der Waals surface area contributed by atoms with Crippen molar-refractivity contribution < 1.29 is 14.6 Å². The lowest BCUT2D eigenvalue weighted by molar-refractivity contribution is 0.144. The van der Waals surface area contributed by atoms with E-state index in [0.29, 0.717) is 18.3 Å². The van der Waals surface area contributed by atoms with Crippen LogP contribution in [0.1, 0.15) is 71.1 Å². The fraction of sp³-hybridized carbons (Fsp3) is 1.00. The number of hydrogen-bond donors (Lipinski definition) is 1. The van der Waals surface area contributed by atoms with E-state index in [0.717, 1.165) is 32.3 Å². The Hall–Kier alpha value is -0.120. The lowest BCUT2D eigenvalue weighted by Crippen LogP contribution is -2.09. The molecule has 4 atom stereocenters. The van der Waals surface area contributed by atoms with Crippen molar-refractivity contribution in [3.63, 3.8) is 0 Å². The van der Waals surface area contributed by atoms with E-state index in [1.165, 1.54) is 38.5 Å². The van der Waals surface area contributed by atoms with Crippen LogP contribution in [0.2, 0.25) is 0 Å². The number of epoxide rings is 2. The van der Waals surface area contributed by atoms with Crippen LogP contribution in [0, 0.1) is 0 Å². The Balaban J connectivity index is 1.37. The van der Waals surface area contributed by atoms with E-state index in [-0.39, 0.29) is 6.10 Å². The van der Waals surface area contributed by atoms with Crippen molar-refractivity contribution in [1.82, 2.24) is 0 Å². The van der Waals surface area contributed by atoms with Crippen LogP contribution in [0.4, 0.5) is 0 Å². The van der Waals surface area contributed by atoms with E-state index in [4.69, 9.17) is 9.47 Å². The molecule has 2 aliphatic rings. The molecule has 3 heteroatoms. The second kappa shape index (κ2) is 8.23. The highest BCUT2D eigenvalue weighted by molar-refractivity contribution is 4.90. The largest absolute Gasteiger partial charge is 0.393 e. The Bertz CT molecular complexity index is 240. The van der Waals surface area contributed by atoms with Crippen molar-refractivity contribution >= 4 is 0 Å². The van der Waals surface area contributed by atoms with Gasteiger partial charge in [-0.3, -0.25) is 0 Å². The van der Waals surface area contributed by atoms with Crippen LogP contribution in [-0.2, 0) is 9.47 Å². The number of aliphatic hydroxyl groups is 1. The third-order valence-corrected chi connectivity index (χ3v) is 4.26. The molecule has 2 rings (SSSR count). The number of rotatable bonds is 12. The third kappa shape index (κ3) is 6.73. The molecule has 2 fully saturated rings. The molecule has 19 heavy (non-hydrogen) atoms. The molecule has 2 saturated heterocycles. The Kier molecular flexibility index (Phi) is 6.62. The minimum Gasteiger partial charge on any atom is -0.393 e. The summed E-state index contributed by atoms with van der Waals surface area (Å²) < 4.78 is 10.8. The molecule has 0 aromatic carbocycles. The summed E-state index contributed by atoms with van der Waals surface area (Å²) in [6.07, 6.45) is 12.9. The van der Waals surface area contributed by atoms with E-state index in [9.17, 15) is 5.11 Å². The summed E-state index contributed by atoms with van der Waals surface area (Å²) in [5.41, 5.74) is 0. The molecule has 4 unspecified atom stereocenters. The zero-order valence-corrected chi connectivity index (χ0v) is 12.4. The molecule has 0 radical (unpaired) electrons. The van der Waals surface area contributed by atoms with Gasteiger partial charge in [0.15, 0.2) is 0 Å². The summed E-state index contributed by atoms with van der Waals surface area (Å²) in [5, 5.41) is 9.93. The van der Waals surface area contributed by atoms with Gasteiger partial charge in [0.2, 0.25) is 0 Å². The van der Waals surface area contributed by atoms with Gasteiger partial charge >= 0.3 is 0 Å². The lowest BCUT2D eigenvalue weighted by atomic mass is 10.0. The summed E-state index contributed by atoms with van der Waals surface area (Å²) in [6, 6.07) is 0. The Morgan fingerprint density at radius 2 is 1.79 bits per heavy atom. The molecule has 0 aromatic rings. The minimum atomic E-state index is -0.117. The van der Waals surface area contributed by atoms with Gasteiger partial charge in [0, 0.05) is 6.42 Å². The molecule has 3 nitrogen and oxygen atoms in total. The van der Waals surface area contributed by atoms with Gasteiger partial charge in [0.05, 0.1) is 31.0 Å². The quantitative estimate of drug-likeness (QED) is 0.436. The SMILES string of the molecule is CCCCCCCCC(O)CCC1OC1CC1CO1. The first-order valence-electron chi connectivity index (χ1n) is 8.24. The summed E-state index contributed by atoms with van der Waals surface area (Å²) in [5.74, 6) is 0. The van der Waals surface area contributed by atoms with Gasteiger partial charge in [-0.25, -0.2) is 0 Å². The van der Waals surface area contributed by atoms with Gasteiger partial charge in [-0.1, -0.05) is 45.4 Å². The van der Waals surface area contributed by atoms with Crippen LogP contribution in [0.15, 0.2) is 0 Å². The van der Waals surface area contributed by atoms with Crippen LogP contribution in [0.25, 0.3) is 0 Å². The maximum Gasteiger partial charge on any atom is 0.0867 e. The summed E-state index contributed by atoms with van der Waals surface area (Å²) in [7, 11) is 0. The van der Waals surface area contributed by atoms with Crippen molar-refractivity contribution in [3.05, 3.63) is 0 Å². The Morgan fingerprint density at radius 1 is 1.05 bits per heavy atom.